The predicted molar refractivity (Wildman–Crippen MR) is 119 cm³/mol. The summed E-state index contributed by atoms with van der Waals surface area (Å²) in [6, 6.07) is -0.333. The van der Waals surface area contributed by atoms with Gasteiger partial charge in [0.05, 0.1) is 23.8 Å². The van der Waals surface area contributed by atoms with Crippen molar-refractivity contribution in [1.82, 2.24) is 20.0 Å². The van der Waals surface area contributed by atoms with E-state index in [1.165, 1.54) is 4.90 Å². The normalized spacial score (nSPS) is 35.4. The molecule has 0 bridgehead atoms. The van der Waals surface area contributed by atoms with E-state index in [1.54, 1.807) is 16.7 Å². The smallest absolute Gasteiger partial charge is 0.320 e. The number of nitrogens with one attached hydrogen (secondary N) is 2. The summed E-state index contributed by atoms with van der Waals surface area (Å²) in [7, 11) is -3.51. The molecule has 0 aromatic heterocycles. The molecule has 0 aromatic rings. The minimum Gasteiger partial charge on any atom is -0.320 e. The number of fused-ring (bicyclic) bond motifs is 1. The highest BCUT2D eigenvalue weighted by molar-refractivity contribution is 7.98. The maximum Gasteiger partial charge on any atom is 0.327 e. The predicted octanol–water partition coefficient (Wildman–Crippen LogP) is 1.30. The number of amides is 3. The van der Waals surface area contributed by atoms with E-state index in [1.807, 2.05) is 20.1 Å². The van der Waals surface area contributed by atoms with Gasteiger partial charge in [0, 0.05) is 29.9 Å². The third-order valence-corrected chi connectivity index (χ3v) is 9.70. The zero-order valence-electron chi connectivity index (χ0n) is 18.5. The van der Waals surface area contributed by atoms with Crippen LogP contribution in [0.15, 0.2) is 0 Å². The number of hydrogen-bond donors (Lipinski definition) is 2. The first-order chi connectivity index (χ1) is 14.6. The van der Waals surface area contributed by atoms with Gasteiger partial charge in [-0.25, -0.2) is 17.9 Å². The van der Waals surface area contributed by atoms with Gasteiger partial charge in [-0.3, -0.25) is 14.5 Å². The molecule has 2 saturated heterocycles. The van der Waals surface area contributed by atoms with Gasteiger partial charge in [0.1, 0.15) is 0 Å². The molecule has 4 aliphatic rings. The lowest BCUT2D eigenvalue weighted by Crippen LogP contribution is -2.65. The van der Waals surface area contributed by atoms with Crippen molar-refractivity contribution < 1.29 is 22.8 Å². The Morgan fingerprint density at radius 2 is 2.00 bits per heavy atom. The molecule has 4 rings (SSSR count). The summed E-state index contributed by atoms with van der Waals surface area (Å²) in [6.45, 7) is 4.66. The van der Waals surface area contributed by atoms with Gasteiger partial charge in [0.25, 0.3) is 0 Å². The summed E-state index contributed by atoms with van der Waals surface area (Å²) in [5, 5.41) is -0.600. The van der Waals surface area contributed by atoms with Crippen LogP contribution in [0.4, 0.5) is 4.79 Å². The summed E-state index contributed by atoms with van der Waals surface area (Å²) < 4.78 is 28.8. The van der Waals surface area contributed by atoms with Gasteiger partial charge in [-0.05, 0) is 58.6 Å². The number of carbonyl (C=O) groups is 2. The number of sulfonamides is 1. The summed E-state index contributed by atoms with van der Waals surface area (Å²) >= 11 is 1.65. The van der Waals surface area contributed by atoms with E-state index in [-0.39, 0.29) is 48.6 Å². The van der Waals surface area contributed by atoms with Crippen LogP contribution in [0.1, 0.15) is 52.4 Å². The fraction of sp³-hybridized carbons (Fsp3) is 0.900. The van der Waals surface area contributed by atoms with Crippen LogP contribution in [-0.2, 0) is 19.7 Å². The van der Waals surface area contributed by atoms with Crippen molar-refractivity contribution in [3.63, 3.8) is 0 Å². The van der Waals surface area contributed by atoms with Crippen molar-refractivity contribution in [3.05, 3.63) is 0 Å². The number of nitrogens with zero attached hydrogens (tertiary/aromatic N) is 2. The van der Waals surface area contributed by atoms with Crippen molar-refractivity contribution in [2.24, 2.45) is 5.92 Å². The number of thioether (sulfide) groups is 1. The summed E-state index contributed by atoms with van der Waals surface area (Å²) in [6.07, 6.45) is 5.42. The van der Waals surface area contributed by atoms with Crippen LogP contribution in [0.5, 0.6) is 0 Å². The van der Waals surface area contributed by atoms with Crippen molar-refractivity contribution in [3.8, 4) is 0 Å². The average Bonchev–Trinajstić information content (AvgIpc) is 3.28. The second kappa shape index (κ2) is 8.81. The van der Waals surface area contributed by atoms with Gasteiger partial charge in [-0.1, -0.05) is 0 Å². The zero-order chi connectivity index (χ0) is 22.4. The van der Waals surface area contributed by atoms with Crippen LogP contribution in [0.25, 0.3) is 0 Å². The minimum atomic E-state index is -3.51. The maximum atomic E-state index is 13.4. The van der Waals surface area contributed by atoms with Crippen molar-refractivity contribution in [1.29, 1.82) is 0 Å². The molecule has 2 aliphatic heterocycles. The Labute approximate surface area is 189 Å². The average molecular weight is 475 g/mol. The first-order valence-corrected chi connectivity index (χ1v) is 14.1. The van der Waals surface area contributed by atoms with Crippen LogP contribution >= 0.6 is 11.8 Å². The molecular formula is C20H34N4O5S2. The molecule has 4 fully saturated rings. The Balaban J connectivity index is 1.53. The van der Waals surface area contributed by atoms with E-state index >= 15 is 0 Å². The van der Waals surface area contributed by atoms with Crippen LogP contribution in [0.3, 0.4) is 0 Å². The van der Waals surface area contributed by atoms with Gasteiger partial charge in [0.15, 0.2) is 0 Å². The molecular weight excluding hydrogens is 440 g/mol. The third kappa shape index (κ3) is 4.90. The maximum absolute atomic E-state index is 13.4. The van der Waals surface area contributed by atoms with Gasteiger partial charge in [-0.2, -0.15) is 17.2 Å². The number of imide groups is 1. The summed E-state index contributed by atoms with van der Waals surface area (Å²) in [5.74, 6) is 0.0294. The zero-order valence-corrected chi connectivity index (χ0v) is 20.1. The number of carbonyl (C=O) groups excluding carboxylic acids is 2. The van der Waals surface area contributed by atoms with E-state index in [2.05, 4.69) is 10.2 Å². The summed E-state index contributed by atoms with van der Waals surface area (Å²) in [4.78, 5) is 35.3. The van der Waals surface area contributed by atoms with E-state index < -0.39 is 21.2 Å². The lowest BCUT2D eigenvalue weighted by atomic mass is 9.80. The Morgan fingerprint density at radius 3 is 2.61 bits per heavy atom. The van der Waals surface area contributed by atoms with E-state index in [9.17, 15) is 18.0 Å². The first-order valence-electron chi connectivity index (χ1n) is 11.2. The molecule has 31 heavy (non-hydrogen) atoms. The van der Waals surface area contributed by atoms with Crippen molar-refractivity contribution in [2.75, 3.05) is 25.1 Å². The summed E-state index contributed by atoms with van der Waals surface area (Å²) in [5.41, 5.74) is 2.56. The molecule has 2 aliphatic carbocycles. The standard InChI is InChI=1S/C20H34N4O5S2/c1-13-10-14(29-21-13)12-24-18(25)16-11-15(31(27,28)22-20(2)6-7-20)4-5-17(16)23(19(24)26)8-9-30-3/h13-17,21-22H,4-12H2,1-3H3. The van der Waals surface area contributed by atoms with Gasteiger partial charge in [0.2, 0.25) is 15.9 Å². The minimum absolute atomic E-state index is 0.166. The molecule has 9 nitrogen and oxygen atoms in total. The molecule has 2 saturated carbocycles. The Morgan fingerprint density at radius 1 is 1.26 bits per heavy atom. The van der Waals surface area contributed by atoms with Gasteiger partial charge < -0.3 is 4.90 Å². The Bertz CT molecular complexity index is 818. The highest BCUT2D eigenvalue weighted by atomic mass is 32.2. The van der Waals surface area contributed by atoms with Crippen LogP contribution in [0, 0.1) is 5.92 Å². The Kier molecular flexibility index (Phi) is 6.62. The lowest BCUT2D eigenvalue weighted by Gasteiger charge is -2.48. The molecule has 2 N–H and O–H groups in total. The second-order valence-corrected chi connectivity index (χ2v) is 12.7. The first kappa shape index (κ1) is 23.3. The molecule has 0 aromatic carbocycles. The quantitative estimate of drug-likeness (QED) is 0.546. The highest BCUT2D eigenvalue weighted by Crippen LogP contribution is 2.40. The fourth-order valence-electron chi connectivity index (χ4n) is 4.98. The Hall–Kier alpha value is -0.880. The molecule has 0 spiro atoms. The number of rotatable bonds is 8. The van der Waals surface area contributed by atoms with Gasteiger partial charge in [-0.15, -0.1) is 0 Å². The lowest BCUT2D eigenvalue weighted by molar-refractivity contribution is -0.142. The van der Waals surface area contributed by atoms with Crippen LogP contribution in [-0.4, -0.2) is 84.2 Å². The highest BCUT2D eigenvalue weighted by Gasteiger charge is 2.52. The molecule has 176 valence electrons. The van der Waals surface area contributed by atoms with Crippen LogP contribution in [0.2, 0.25) is 0 Å². The molecule has 11 heteroatoms. The second-order valence-electron chi connectivity index (χ2n) is 9.73. The number of urea groups is 1. The van der Waals surface area contributed by atoms with E-state index in [0.717, 1.165) is 25.0 Å². The van der Waals surface area contributed by atoms with Gasteiger partial charge >= 0.3 is 6.03 Å². The van der Waals surface area contributed by atoms with Crippen molar-refractivity contribution >= 4 is 33.7 Å². The molecule has 5 unspecified atom stereocenters. The molecule has 0 radical (unpaired) electrons. The SMILES string of the molecule is CSCCN1C(=O)N(CC2CC(C)NO2)C(=O)C2CC(S(=O)(=O)NC3(C)CC3)CCC21. The largest absolute Gasteiger partial charge is 0.327 e. The van der Waals surface area contributed by atoms with E-state index in [0.29, 0.717) is 19.4 Å². The number of hydroxylamine groups is 1. The monoisotopic (exact) mass is 474 g/mol. The van der Waals surface area contributed by atoms with Crippen molar-refractivity contribution in [2.45, 2.75) is 81.3 Å². The third-order valence-electron chi connectivity index (χ3n) is 7.03. The van der Waals surface area contributed by atoms with E-state index in [4.69, 9.17) is 4.84 Å². The topological polar surface area (TPSA) is 108 Å². The molecule has 2 heterocycles. The molecule has 5 atom stereocenters. The number of hydrogen-bond acceptors (Lipinski definition) is 7. The fourth-order valence-corrected chi connectivity index (χ4v) is 7.33. The van der Waals surface area contributed by atoms with Crippen LogP contribution < -0.4 is 10.2 Å². The molecule has 3 amide bonds.